The second-order valence-corrected chi connectivity index (χ2v) is 8.91. The van der Waals surface area contributed by atoms with Crippen LogP contribution >= 0.6 is 0 Å². The Hall–Kier alpha value is -2.48. The van der Waals surface area contributed by atoms with Crippen LogP contribution in [-0.2, 0) is 16.6 Å². The molecule has 5 nitrogen and oxygen atoms in total. The molecule has 3 aromatic rings. The highest BCUT2D eigenvalue weighted by molar-refractivity contribution is 7.89. The number of hydrogen-bond acceptors (Lipinski definition) is 3. The van der Waals surface area contributed by atoms with Gasteiger partial charge in [-0.3, -0.25) is 0 Å². The van der Waals surface area contributed by atoms with Crippen molar-refractivity contribution in [3.8, 4) is 11.1 Å². The Morgan fingerprint density at radius 3 is 2.39 bits per heavy atom. The van der Waals surface area contributed by atoms with Crippen LogP contribution in [-0.4, -0.2) is 37.9 Å². The summed E-state index contributed by atoms with van der Waals surface area (Å²) in [7, 11) is -0.477. The molecule has 0 radical (unpaired) electrons. The van der Waals surface area contributed by atoms with E-state index < -0.39 is 10.0 Å². The molecule has 0 unspecified atom stereocenters. The molecule has 1 heterocycles. The van der Waals surface area contributed by atoms with Gasteiger partial charge < -0.3 is 10.3 Å². The molecule has 0 aliphatic rings. The number of benzene rings is 2. The van der Waals surface area contributed by atoms with E-state index in [9.17, 15) is 12.8 Å². The molecule has 0 atom stereocenters. The van der Waals surface area contributed by atoms with Gasteiger partial charge in [-0.1, -0.05) is 30.3 Å². The number of nitrogens with two attached hydrogens (primary N) is 1. The maximum atomic E-state index is 14.2. The zero-order chi connectivity index (χ0) is 20.5. The summed E-state index contributed by atoms with van der Waals surface area (Å²) in [6, 6.07) is 14.6. The number of sulfonamides is 1. The van der Waals surface area contributed by atoms with Crippen LogP contribution in [0.4, 0.5) is 4.39 Å². The molecule has 148 valence electrons. The number of nitrogens with zero attached hydrogens (tertiary/aromatic N) is 2. The first kappa shape index (κ1) is 20.3. The van der Waals surface area contributed by atoms with Gasteiger partial charge in [0.25, 0.3) is 0 Å². The van der Waals surface area contributed by atoms with Crippen molar-refractivity contribution in [3.05, 3.63) is 66.1 Å². The van der Waals surface area contributed by atoms with Gasteiger partial charge in [0, 0.05) is 42.8 Å². The molecule has 0 fully saturated rings. The van der Waals surface area contributed by atoms with Crippen molar-refractivity contribution < 1.29 is 12.8 Å². The summed E-state index contributed by atoms with van der Waals surface area (Å²) in [6.45, 7) is 2.20. The molecule has 0 spiro atoms. The highest BCUT2D eigenvalue weighted by Crippen LogP contribution is 2.35. The van der Waals surface area contributed by atoms with Gasteiger partial charge in [0.05, 0.1) is 11.4 Å². The third-order valence-electron chi connectivity index (χ3n) is 4.80. The van der Waals surface area contributed by atoms with Gasteiger partial charge in [-0.15, -0.1) is 0 Å². The number of allylic oxidation sites excluding steroid dienone is 1. The van der Waals surface area contributed by atoms with Crippen LogP contribution in [0.5, 0.6) is 0 Å². The number of halogens is 1. The van der Waals surface area contributed by atoms with Crippen molar-refractivity contribution in [2.45, 2.75) is 18.4 Å². The van der Waals surface area contributed by atoms with Gasteiger partial charge in [-0.05, 0) is 36.8 Å². The van der Waals surface area contributed by atoms with Crippen LogP contribution in [0.3, 0.4) is 0 Å². The quantitative estimate of drug-likeness (QED) is 0.685. The van der Waals surface area contributed by atoms with Crippen LogP contribution in [0, 0.1) is 6.92 Å². The van der Waals surface area contributed by atoms with E-state index in [0.29, 0.717) is 0 Å². The van der Waals surface area contributed by atoms with Crippen molar-refractivity contribution in [1.29, 1.82) is 0 Å². The minimum Gasteiger partial charge on any atom is -0.337 e. The summed E-state index contributed by atoms with van der Waals surface area (Å²) in [5.74, 6) is -0.287. The van der Waals surface area contributed by atoms with Crippen molar-refractivity contribution in [1.82, 2.24) is 8.87 Å². The third-order valence-corrected chi connectivity index (χ3v) is 6.63. The first-order valence-corrected chi connectivity index (χ1v) is 10.4. The Bertz CT molecular complexity index is 1130. The van der Waals surface area contributed by atoms with Gasteiger partial charge in [-0.25, -0.2) is 17.1 Å². The lowest BCUT2D eigenvalue weighted by Crippen LogP contribution is -2.22. The fraction of sp³-hybridized carbons (Fsp3) is 0.238. The Morgan fingerprint density at radius 1 is 1.14 bits per heavy atom. The Balaban J connectivity index is 2.14. The number of rotatable bonds is 6. The summed E-state index contributed by atoms with van der Waals surface area (Å²) in [6.07, 6.45) is 1.37. The van der Waals surface area contributed by atoms with E-state index in [-0.39, 0.29) is 23.8 Å². The molecule has 28 heavy (non-hydrogen) atoms. The molecule has 0 amide bonds. The van der Waals surface area contributed by atoms with Gasteiger partial charge in [0.1, 0.15) is 5.83 Å². The maximum absolute atomic E-state index is 14.2. The first-order valence-electron chi connectivity index (χ1n) is 8.92. The molecule has 3 rings (SSSR count). The van der Waals surface area contributed by atoms with Crippen molar-refractivity contribution >= 4 is 20.9 Å². The highest BCUT2D eigenvalue weighted by Gasteiger charge is 2.19. The topological polar surface area (TPSA) is 68.3 Å². The van der Waals surface area contributed by atoms with Crippen LogP contribution in [0.1, 0.15) is 5.69 Å². The summed E-state index contributed by atoms with van der Waals surface area (Å²) >= 11 is 0. The Morgan fingerprint density at radius 2 is 1.79 bits per heavy atom. The molecule has 0 saturated heterocycles. The molecular formula is C21H24FN3O2S. The van der Waals surface area contributed by atoms with E-state index >= 15 is 0 Å². The minimum atomic E-state index is -3.49. The predicted octanol–water partition coefficient (Wildman–Crippen LogP) is 3.68. The van der Waals surface area contributed by atoms with E-state index in [0.717, 1.165) is 27.7 Å². The van der Waals surface area contributed by atoms with Crippen LogP contribution < -0.4 is 5.73 Å². The van der Waals surface area contributed by atoms with E-state index in [1.54, 1.807) is 24.3 Å². The summed E-state index contributed by atoms with van der Waals surface area (Å²) in [4.78, 5) is 0.236. The van der Waals surface area contributed by atoms with E-state index in [4.69, 9.17) is 5.73 Å². The zero-order valence-corrected chi connectivity index (χ0v) is 17.0. The van der Waals surface area contributed by atoms with Gasteiger partial charge in [0.15, 0.2) is 0 Å². The Kier molecular flexibility index (Phi) is 5.69. The first-order chi connectivity index (χ1) is 13.3. The van der Waals surface area contributed by atoms with Gasteiger partial charge in [0.2, 0.25) is 10.0 Å². The normalized spacial score (nSPS) is 12.9. The molecule has 2 aromatic carbocycles. The molecular weight excluding hydrogens is 377 g/mol. The summed E-state index contributed by atoms with van der Waals surface area (Å²) < 4.78 is 41.9. The lowest BCUT2D eigenvalue weighted by atomic mass is 10.0. The number of aromatic nitrogens is 1. The van der Waals surface area contributed by atoms with E-state index in [1.807, 2.05) is 35.8 Å². The third kappa shape index (κ3) is 3.61. The number of fused-ring (bicyclic) bond motifs is 1. The van der Waals surface area contributed by atoms with Crippen molar-refractivity contribution in [2.24, 2.45) is 5.73 Å². The fourth-order valence-electron chi connectivity index (χ4n) is 3.35. The van der Waals surface area contributed by atoms with Crippen LogP contribution in [0.2, 0.25) is 0 Å². The van der Waals surface area contributed by atoms with Crippen LogP contribution in [0.25, 0.3) is 22.0 Å². The average Bonchev–Trinajstić information content (AvgIpc) is 2.94. The molecule has 2 N–H and O–H groups in total. The fourth-order valence-corrected chi connectivity index (χ4v) is 4.25. The smallest absolute Gasteiger partial charge is 0.242 e. The average molecular weight is 402 g/mol. The standard InChI is InChI=1S/C21H24FN3O2S/c1-15-21(16-8-10-18(11-9-16)28(26,27)24(2)3)19-6-4-5-7-20(19)25(15)14-17(22)12-13-23/h4-12H,13-14,23H2,1-3H3/b17-12-. The predicted molar refractivity (Wildman–Crippen MR) is 111 cm³/mol. The SMILES string of the molecule is Cc1c(-c2ccc(S(=O)(=O)N(C)C)cc2)c2ccccc2n1C/C(F)=C/CN. The number of para-hydroxylation sites is 1. The highest BCUT2D eigenvalue weighted by atomic mass is 32.2. The van der Waals surface area contributed by atoms with Crippen molar-refractivity contribution in [3.63, 3.8) is 0 Å². The van der Waals surface area contributed by atoms with E-state index in [1.165, 1.54) is 24.5 Å². The lowest BCUT2D eigenvalue weighted by Gasteiger charge is -2.12. The summed E-state index contributed by atoms with van der Waals surface area (Å²) in [5.41, 5.74) is 9.09. The molecule has 0 saturated carbocycles. The Labute approximate surface area is 164 Å². The molecule has 7 heteroatoms. The second-order valence-electron chi connectivity index (χ2n) is 6.76. The molecule has 1 aromatic heterocycles. The maximum Gasteiger partial charge on any atom is 0.242 e. The van der Waals surface area contributed by atoms with Gasteiger partial charge in [-0.2, -0.15) is 0 Å². The molecule has 0 aliphatic heterocycles. The zero-order valence-electron chi connectivity index (χ0n) is 16.2. The van der Waals surface area contributed by atoms with E-state index in [2.05, 4.69) is 0 Å². The minimum absolute atomic E-state index is 0.108. The van der Waals surface area contributed by atoms with Crippen LogP contribution in [0.15, 0.2) is 65.3 Å². The number of hydrogen-bond donors (Lipinski definition) is 1. The summed E-state index contributed by atoms with van der Waals surface area (Å²) in [5, 5.41) is 0.990. The molecule has 0 aliphatic carbocycles. The lowest BCUT2D eigenvalue weighted by molar-refractivity contribution is 0.521. The van der Waals surface area contributed by atoms with Crippen molar-refractivity contribution in [2.75, 3.05) is 20.6 Å². The largest absolute Gasteiger partial charge is 0.337 e. The van der Waals surface area contributed by atoms with Gasteiger partial charge >= 0.3 is 0 Å². The second kappa shape index (κ2) is 7.87. The monoisotopic (exact) mass is 401 g/mol. The molecule has 0 bridgehead atoms.